The van der Waals surface area contributed by atoms with E-state index in [4.69, 9.17) is 0 Å². The SMILES string of the molecule is Cc1c(O)c(Br)c(C)c(C=NNC(=O)C(=Cc2cccs2)NC(=O)c2ccccc2)c1O. The van der Waals surface area contributed by atoms with Gasteiger partial charge in [-0.15, -0.1) is 11.3 Å². The van der Waals surface area contributed by atoms with Crippen molar-refractivity contribution in [3.63, 3.8) is 0 Å². The van der Waals surface area contributed by atoms with Crippen molar-refractivity contribution in [2.45, 2.75) is 13.8 Å². The lowest BCUT2D eigenvalue weighted by molar-refractivity contribution is -0.117. The molecule has 2 aromatic carbocycles. The summed E-state index contributed by atoms with van der Waals surface area (Å²) in [5, 5.41) is 28.7. The molecule has 32 heavy (non-hydrogen) atoms. The average molecular weight is 514 g/mol. The molecule has 1 heterocycles. The number of benzene rings is 2. The lowest BCUT2D eigenvalue weighted by atomic mass is 10.0. The van der Waals surface area contributed by atoms with Crippen molar-refractivity contribution in [2.75, 3.05) is 0 Å². The molecule has 0 spiro atoms. The van der Waals surface area contributed by atoms with Gasteiger partial charge in [-0.05, 0) is 65.0 Å². The van der Waals surface area contributed by atoms with Crippen molar-refractivity contribution in [3.8, 4) is 11.5 Å². The first-order valence-electron chi connectivity index (χ1n) is 9.45. The summed E-state index contributed by atoms with van der Waals surface area (Å²) in [6, 6.07) is 12.2. The molecule has 0 saturated heterocycles. The van der Waals surface area contributed by atoms with Gasteiger partial charge in [-0.25, -0.2) is 5.43 Å². The molecule has 0 aliphatic carbocycles. The zero-order valence-electron chi connectivity index (χ0n) is 17.2. The first-order valence-corrected chi connectivity index (χ1v) is 11.1. The fourth-order valence-corrected chi connectivity index (χ4v) is 3.95. The van der Waals surface area contributed by atoms with Gasteiger partial charge in [0, 0.05) is 21.6 Å². The van der Waals surface area contributed by atoms with Crippen LogP contribution in [0.1, 0.15) is 31.9 Å². The summed E-state index contributed by atoms with van der Waals surface area (Å²) in [5.41, 5.74) is 3.97. The number of hydrogen-bond donors (Lipinski definition) is 4. The van der Waals surface area contributed by atoms with Gasteiger partial charge < -0.3 is 15.5 Å². The van der Waals surface area contributed by atoms with E-state index in [1.165, 1.54) is 17.6 Å². The second-order valence-corrected chi connectivity index (χ2v) is 8.54. The Morgan fingerprint density at radius 1 is 1.03 bits per heavy atom. The topological polar surface area (TPSA) is 111 Å². The number of thiophene rings is 1. The Bertz CT molecular complexity index is 1180. The van der Waals surface area contributed by atoms with Gasteiger partial charge in [0.1, 0.15) is 17.2 Å². The highest BCUT2D eigenvalue weighted by Crippen LogP contribution is 2.39. The van der Waals surface area contributed by atoms with Crippen LogP contribution in [0.25, 0.3) is 6.08 Å². The molecule has 1 aromatic heterocycles. The summed E-state index contributed by atoms with van der Waals surface area (Å²) in [6.07, 6.45) is 2.84. The van der Waals surface area contributed by atoms with Gasteiger partial charge in [0.15, 0.2) is 0 Å². The van der Waals surface area contributed by atoms with Crippen LogP contribution in [0.4, 0.5) is 0 Å². The van der Waals surface area contributed by atoms with Crippen LogP contribution in [0.5, 0.6) is 11.5 Å². The Hall–Kier alpha value is -3.43. The lowest BCUT2D eigenvalue weighted by Crippen LogP contribution is -2.32. The first kappa shape index (κ1) is 23.2. The highest BCUT2D eigenvalue weighted by molar-refractivity contribution is 9.10. The van der Waals surface area contributed by atoms with Gasteiger partial charge in [-0.1, -0.05) is 24.3 Å². The van der Waals surface area contributed by atoms with Crippen molar-refractivity contribution in [1.29, 1.82) is 0 Å². The third kappa shape index (κ3) is 5.24. The maximum absolute atomic E-state index is 12.8. The zero-order chi connectivity index (χ0) is 23.3. The molecule has 9 heteroatoms. The van der Waals surface area contributed by atoms with Crippen LogP contribution in [-0.4, -0.2) is 28.2 Å². The van der Waals surface area contributed by atoms with E-state index in [0.717, 1.165) is 4.88 Å². The van der Waals surface area contributed by atoms with Crippen molar-refractivity contribution >= 4 is 51.4 Å². The summed E-state index contributed by atoms with van der Waals surface area (Å²) >= 11 is 4.69. The van der Waals surface area contributed by atoms with E-state index in [9.17, 15) is 19.8 Å². The van der Waals surface area contributed by atoms with Gasteiger partial charge in [0.25, 0.3) is 11.8 Å². The molecule has 0 atom stereocenters. The predicted octanol–water partition coefficient (Wildman–Crippen LogP) is 4.46. The number of nitrogens with zero attached hydrogens (tertiary/aromatic N) is 1. The molecular formula is C23H20BrN3O4S. The van der Waals surface area contributed by atoms with Gasteiger partial charge in [0.2, 0.25) is 0 Å². The van der Waals surface area contributed by atoms with Gasteiger partial charge in [-0.3, -0.25) is 9.59 Å². The molecule has 0 unspecified atom stereocenters. The molecule has 0 aliphatic rings. The van der Waals surface area contributed by atoms with E-state index in [1.54, 1.807) is 50.3 Å². The van der Waals surface area contributed by atoms with Crippen LogP contribution in [0.15, 0.2) is 63.1 Å². The number of nitrogens with one attached hydrogen (secondary N) is 2. The summed E-state index contributed by atoms with van der Waals surface area (Å²) < 4.78 is 0.425. The Labute approximate surface area is 197 Å². The lowest BCUT2D eigenvalue weighted by Gasteiger charge is -2.12. The minimum Gasteiger partial charge on any atom is -0.507 e. The van der Waals surface area contributed by atoms with E-state index < -0.39 is 11.8 Å². The molecule has 2 amide bonds. The Kier molecular flexibility index (Phi) is 7.45. The number of halogens is 1. The van der Waals surface area contributed by atoms with Crippen LogP contribution in [0.2, 0.25) is 0 Å². The number of carbonyl (C=O) groups is 2. The molecule has 0 fully saturated rings. The van der Waals surface area contributed by atoms with Gasteiger partial charge in [-0.2, -0.15) is 5.10 Å². The second kappa shape index (κ2) is 10.3. The predicted molar refractivity (Wildman–Crippen MR) is 129 cm³/mol. The van der Waals surface area contributed by atoms with E-state index in [0.29, 0.717) is 21.2 Å². The van der Waals surface area contributed by atoms with Crippen molar-refractivity contribution < 1.29 is 19.8 Å². The number of rotatable bonds is 6. The molecule has 164 valence electrons. The minimum atomic E-state index is -0.634. The molecule has 7 nitrogen and oxygen atoms in total. The van der Waals surface area contributed by atoms with E-state index >= 15 is 0 Å². The van der Waals surface area contributed by atoms with Crippen molar-refractivity contribution in [3.05, 3.63) is 85.1 Å². The van der Waals surface area contributed by atoms with Gasteiger partial charge in [0.05, 0.1) is 10.7 Å². The zero-order valence-corrected chi connectivity index (χ0v) is 19.6. The van der Waals surface area contributed by atoms with E-state index in [1.807, 2.05) is 17.5 Å². The fraction of sp³-hybridized carbons (Fsp3) is 0.0870. The van der Waals surface area contributed by atoms with Gasteiger partial charge >= 0.3 is 0 Å². The summed E-state index contributed by atoms with van der Waals surface area (Å²) in [5.74, 6) is -1.27. The summed E-state index contributed by atoms with van der Waals surface area (Å²) in [7, 11) is 0. The number of phenolic OH excluding ortho intramolecular Hbond substituents is 2. The number of phenols is 2. The Morgan fingerprint density at radius 2 is 1.75 bits per heavy atom. The molecule has 0 bridgehead atoms. The molecule has 0 radical (unpaired) electrons. The third-order valence-electron chi connectivity index (χ3n) is 4.63. The summed E-state index contributed by atoms with van der Waals surface area (Å²) in [4.78, 5) is 26.1. The van der Waals surface area contributed by atoms with Crippen LogP contribution in [-0.2, 0) is 4.79 Å². The number of hydrazone groups is 1. The fourth-order valence-electron chi connectivity index (χ4n) is 2.78. The maximum atomic E-state index is 12.8. The number of hydrogen-bond acceptors (Lipinski definition) is 6. The van der Waals surface area contributed by atoms with Crippen LogP contribution < -0.4 is 10.7 Å². The second-order valence-electron chi connectivity index (χ2n) is 6.77. The molecule has 4 N–H and O–H groups in total. The minimum absolute atomic E-state index is 0.0162. The third-order valence-corrected chi connectivity index (χ3v) is 6.41. The quantitative estimate of drug-likeness (QED) is 0.221. The van der Waals surface area contributed by atoms with Crippen LogP contribution >= 0.6 is 27.3 Å². The van der Waals surface area contributed by atoms with Crippen molar-refractivity contribution in [1.82, 2.24) is 10.7 Å². The number of carbonyl (C=O) groups excluding carboxylic acids is 2. The molecule has 0 aliphatic heterocycles. The molecule has 3 aromatic rings. The normalized spacial score (nSPS) is 11.5. The monoisotopic (exact) mass is 513 g/mol. The maximum Gasteiger partial charge on any atom is 0.287 e. The molecular weight excluding hydrogens is 494 g/mol. The van der Waals surface area contributed by atoms with Crippen LogP contribution in [0.3, 0.4) is 0 Å². The average Bonchev–Trinajstić information content (AvgIpc) is 3.31. The summed E-state index contributed by atoms with van der Waals surface area (Å²) in [6.45, 7) is 3.25. The van der Waals surface area contributed by atoms with Crippen molar-refractivity contribution in [2.24, 2.45) is 5.10 Å². The highest BCUT2D eigenvalue weighted by Gasteiger charge is 2.17. The Balaban J connectivity index is 1.83. The molecule has 3 rings (SSSR count). The van der Waals surface area contributed by atoms with E-state index in [-0.39, 0.29) is 22.8 Å². The highest BCUT2D eigenvalue weighted by atomic mass is 79.9. The number of amides is 2. The molecule has 0 saturated carbocycles. The first-order chi connectivity index (χ1) is 15.3. The largest absolute Gasteiger partial charge is 0.507 e. The Morgan fingerprint density at radius 3 is 2.41 bits per heavy atom. The van der Waals surface area contributed by atoms with E-state index in [2.05, 4.69) is 31.8 Å². The van der Waals surface area contributed by atoms with Crippen LogP contribution in [0, 0.1) is 13.8 Å². The smallest absolute Gasteiger partial charge is 0.287 e. The standard InChI is InChI=1S/C23H20BrN3O4S/c1-13-17(20(28)14(2)21(29)19(13)24)12-25-27-23(31)18(11-16-9-6-10-32-16)26-22(30)15-7-4-3-5-8-15/h3-12,28-29H,1-2H3,(H,26,30)(H,27,31). The number of aromatic hydroxyl groups is 2.